The first-order valence-electron chi connectivity index (χ1n) is 7.91. The first kappa shape index (κ1) is 15.4. The summed E-state index contributed by atoms with van der Waals surface area (Å²) in [6.45, 7) is 0.589. The van der Waals surface area contributed by atoms with Gasteiger partial charge in [0.25, 0.3) is 0 Å². The molecule has 0 aliphatic carbocycles. The molecule has 2 aromatic rings. The van der Waals surface area contributed by atoms with Crippen molar-refractivity contribution >= 4 is 16.0 Å². The van der Waals surface area contributed by atoms with Crippen molar-refractivity contribution in [3.05, 3.63) is 65.7 Å². The highest BCUT2D eigenvalue weighted by atomic mass is 32.2. The average molecular weight is 343 g/mol. The normalized spacial score (nSPS) is 23.9. The van der Waals surface area contributed by atoms with Gasteiger partial charge in [-0.05, 0) is 31.0 Å². The highest BCUT2D eigenvalue weighted by Crippen LogP contribution is 2.43. The largest absolute Gasteiger partial charge is 0.449 e. The maximum Gasteiger partial charge on any atom is 0.339 e. The van der Waals surface area contributed by atoms with E-state index in [1.807, 2.05) is 12.1 Å². The molecule has 1 atom stereocenters. The van der Waals surface area contributed by atoms with E-state index in [4.69, 9.17) is 4.74 Å². The van der Waals surface area contributed by atoms with Gasteiger partial charge in [0.15, 0.2) is 5.60 Å². The number of hydrogen-bond acceptors (Lipinski definition) is 4. The number of carbonyl (C=O) groups excluding carboxylic acids is 1. The van der Waals surface area contributed by atoms with Crippen LogP contribution in [0.3, 0.4) is 0 Å². The second kappa shape index (κ2) is 5.43. The van der Waals surface area contributed by atoms with Crippen LogP contribution >= 0.6 is 0 Å². The van der Waals surface area contributed by atoms with Crippen molar-refractivity contribution in [1.29, 1.82) is 0 Å². The van der Waals surface area contributed by atoms with Gasteiger partial charge in [-0.2, -0.15) is 4.31 Å². The summed E-state index contributed by atoms with van der Waals surface area (Å²) in [6.07, 6.45) is 1.28. The summed E-state index contributed by atoms with van der Waals surface area (Å²) >= 11 is 0. The van der Waals surface area contributed by atoms with Gasteiger partial charge in [0.2, 0.25) is 10.0 Å². The molecular formula is C18H17NO4S. The van der Waals surface area contributed by atoms with E-state index >= 15 is 0 Å². The first-order valence-corrected chi connectivity index (χ1v) is 9.35. The van der Waals surface area contributed by atoms with E-state index in [0.29, 0.717) is 24.9 Å². The minimum atomic E-state index is -3.60. The van der Waals surface area contributed by atoms with Gasteiger partial charge < -0.3 is 4.74 Å². The van der Waals surface area contributed by atoms with Crippen LogP contribution in [0.5, 0.6) is 0 Å². The SMILES string of the molecule is O=C1O[C@]2(CCCN(S(=O)(=O)c3ccccc3)C2)c2ccccc21. The Morgan fingerprint density at radius 1 is 1.00 bits per heavy atom. The third-order valence-electron chi connectivity index (χ3n) is 4.73. The Balaban J connectivity index is 1.72. The molecule has 2 aliphatic rings. The van der Waals surface area contributed by atoms with Crippen LogP contribution < -0.4 is 0 Å². The lowest BCUT2D eigenvalue weighted by Crippen LogP contribution is -2.48. The zero-order chi connectivity index (χ0) is 16.8. The van der Waals surface area contributed by atoms with Gasteiger partial charge in [-0.3, -0.25) is 0 Å². The predicted molar refractivity (Wildman–Crippen MR) is 88.0 cm³/mol. The van der Waals surface area contributed by atoms with E-state index in [-0.39, 0.29) is 17.4 Å². The Morgan fingerprint density at radius 2 is 1.71 bits per heavy atom. The van der Waals surface area contributed by atoms with Crippen LogP contribution in [0.2, 0.25) is 0 Å². The third-order valence-corrected chi connectivity index (χ3v) is 6.59. The summed E-state index contributed by atoms with van der Waals surface area (Å²) in [4.78, 5) is 12.4. The zero-order valence-electron chi connectivity index (χ0n) is 13.0. The number of piperidine rings is 1. The maximum atomic E-state index is 12.9. The van der Waals surface area contributed by atoms with Crippen molar-refractivity contribution < 1.29 is 17.9 Å². The van der Waals surface area contributed by atoms with Crippen LogP contribution in [0.15, 0.2) is 59.5 Å². The Labute approximate surface area is 140 Å². The summed E-state index contributed by atoms with van der Waals surface area (Å²) in [6, 6.07) is 15.6. The molecule has 1 spiro atoms. The molecule has 2 heterocycles. The number of benzene rings is 2. The molecule has 5 nitrogen and oxygen atoms in total. The van der Waals surface area contributed by atoms with E-state index in [2.05, 4.69) is 0 Å². The lowest BCUT2D eigenvalue weighted by Gasteiger charge is -2.38. The molecule has 6 heteroatoms. The standard InChI is InChI=1S/C18H17NO4S/c20-17-15-9-4-5-10-16(15)18(23-17)11-6-12-19(13-18)24(21,22)14-7-2-1-3-8-14/h1-5,7-10H,6,11-13H2/t18-/m0/s1. The molecule has 4 rings (SSSR count). The number of carbonyl (C=O) groups is 1. The smallest absolute Gasteiger partial charge is 0.339 e. The summed E-state index contributed by atoms with van der Waals surface area (Å²) in [5.41, 5.74) is 0.466. The molecule has 0 unspecified atom stereocenters. The minimum absolute atomic E-state index is 0.160. The van der Waals surface area contributed by atoms with Crippen molar-refractivity contribution in [1.82, 2.24) is 4.31 Å². The van der Waals surface area contributed by atoms with Crippen molar-refractivity contribution in [3.8, 4) is 0 Å². The van der Waals surface area contributed by atoms with E-state index in [9.17, 15) is 13.2 Å². The number of hydrogen-bond donors (Lipinski definition) is 0. The van der Waals surface area contributed by atoms with E-state index in [0.717, 1.165) is 5.56 Å². The van der Waals surface area contributed by atoms with Crippen molar-refractivity contribution in [2.45, 2.75) is 23.3 Å². The van der Waals surface area contributed by atoms with Gasteiger partial charge in [0.05, 0.1) is 17.0 Å². The lowest BCUT2D eigenvalue weighted by atomic mass is 9.86. The summed E-state index contributed by atoms with van der Waals surface area (Å²) in [5, 5.41) is 0. The second-order valence-electron chi connectivity index (χ2n) is 6.18. The van der Waals surface area contributed by atoms with Crippen LogP contribution in [0.25, 0.3) is 0 Å². The van der Waals surface area contributed by atoms with Crippen molar-refractivity contribution in [3.63, 3.8) is 0 Å². The molecule has 24 heavy (non-hydrogen) atoms. The van der Waals surface area contributed by atoms with Crippen LogP contribution in [0, 0.1) is 0 Å². The molecule has 0 N–H and O–H groups in total. The molecule has 1 fully saturated rings. The molecule has 124 valence electrons. The molecule has 2 aromatic carbocycles. The fraction of sp³-hybridized carbons (Fsp3) is 0.278. The van der Waals surface area contributed by atoms with Crippen LogP contribution in [0.1, 0.15) is 28.8 Å². The molecule has 0 saturated carbocycles. The van der Waals surface area contributed by atoms with Gasteiger partial charge in [-0.15, -0.1) is 0 Å². The number of rotatable bonds is 2. The minimum Gasteiger partial charge on any atom is -0.449 e. The Bertz CT molecular complexity index is 894. The number of nitrogens with zero attached hydrogens (tertiary/aromatic N) is 1. The first-order chi connectivity index (χ1) is 11.5. The highest BCUT2D eigenvalue weighted by molar-refractivity contribution is 7.89. The van der Waals surface area contributed by atoms with Crippen molar-refractivity contribution in [2.24, 2.45) is 0 Å². The second-order valence-corrected chi connectivity index (χ2v) is 8.12. The Kier molecular flexibility index (Phi) is 3.47. The zero-order valence-corrected chi connectivity index (χ0v) is 13.8. The Hall–Kier alpha value is -2.18. The summed E-state index contributed by atoms with van der Waals surface area (Å²) in [5.74, 6) is -0.371. The van der Waals surface area contributed by atoms with Crippen LogP contribution in [-0.4, -0.2) is 31.8 Å². The van der Waals surface area contributed by atoms with E-state index in [1.54, 1.807) is 42.5 Å². The fourth-order valence-electron chi connectivity index (χ4n) is 3.58. The number of sulfonamides is 1. The van der Waals surface area contributed by atoms with Gasteiger partial charge in [-0.1, -0.05) is 36.4 Å². The number of fused-ring (bicyclic) bond motifs is 2. The third kappa shape index (κ3) is 2.25. The fourth-order valence-corrected chi connectivity index (χ4v) is 5.13. The summed E-state index contributed by atoms with van der Waals surface area (Å²) in [7, 11) is -3.60. The van der Waals surface area contributed by atoms with E-state index < -0.39 is 15.6 Å². The quantitative estimate of drug-likeness (QED) is 0.786. The number of ether oxygens (including phenoxy) is 1. The molecule has 0 radical (unpaired) electrons. The molecule has 0 amide bonds. The van der Waals surface area contributed by atoms with Gasteiger partial charge >= 0.3 is 5.97 Å². The Morgan fingerprint density at radius 3 is 2.50 bits per heavy atom. The maximum absolute atomic E-state index is 12.9. The van der Waals surface area contributed by atoms with Crippen LogP contribution in [0.4, 0.5) is 0 Å². The van der Waals surface area contributed by atoms with E-state index in [1.165, 1.54) is 4.31 Å². The van der Waals surface area contributed by atoms with Gasteiger partial charge in [0, 0.05) is 12.1 Å². The lowest BCUT2D eigenvalue weighted by molar-refractivity contribution is -0.0345. The van der Waals surface area contributed by atoms with Crippen molar-refractivity contribution in [2.75, 3.05) is 13.1 Å². The molecular weight excluding hydrogens is 326 g/mol. The highest BCUT2D eigenvalue weighted by Gasteiger charge is 2.50. The summed E-state index contributed by atoms with van der Waals surface area (Å²) < 4.78 is 32.9. The monoisotopic (exact) mass is 343 g/mol. The van der Waals surface area contributed by atoms with Gasteiger partial charge in [0.1, 0.15) is 0 Å². The van der Waals surface area contributed by atoms with Gasteiger partial charge in [-0.25, -0.2) is 13.2 Å². The molecule has 0 aromatic heterocycles. The average Bonchev–Trinajstić information content (AvgIpc) is 2.88. The van der Waals surface area contributed by atoms with Crippen LogP contribution in [-0.2, 0) is 20.4 Å². The molecule has 0 bridgehead atoms. The predicted octanol–water partition coefficient (Wildman–Crippen LogP) is 2.54. The number of esters is 1. The topological polar surface area (TPSA) is 63.7 Å². The molecule has 1 saturated heterocycles. The molecule has 2 aliphatic heterocycles.